The summed E-state index contributed by atoms with van der Waals surface area (Å²) in [6.45, 7) is 2.69. The number of carbonyl (C=O) groups excluding carboxylic acids is 1. The fraction of sp³-hybridized carbons (Fsp3) is 0.471. The minimum atomic E-state index is -3.13. The highest BCUT2D eigenvalue weighted by Crippen LogP contribution is 2.39. The summed E-state index contributed by atoms with van der Waals surface area (Å²) in [5, 5.41) is 1.22. The van der Waals surface area contributed by atoms with Crippen LogP contribution in [0.5, 0.6) is 5.75 Å². The summed E-state index contributed by atoms with van der Waals surface area (Å²) >= 11 is 0. The van der Waals surface area contributed by atoms with Gasteiger partial charge in [-0.3, -0.25) is 4.79 Å². The summed E-state index contributed by atoms with van der Waals surface area (Å²) in [5.41, 5.74) is 3.16. The van der Waals surface area contributed by atoms with Gasteiger partial charge in [-0.15, -0.1) is 0 Å². The molecule has 0 N–H and O–H groups in total. The zero-order valence-corrected chi connectivity index (χ0v) is 14.2. The number of nitrogens with zero attached hydrogens (tertiary/aromatic N) is 1. The van der Waals surface area contributed by atoms with E-state index in [2.05, 4.69) is 0 Å². The molecule has 0 unspecified atom stereocenters. The van der Waals surface area contributed by atoms with E-state index >= 15 is 0 Å². The Bertz CT molecular complexity index is 767. The van der Waals surface area contributed by atoms with E-state index in [9.17, 15) is 13.2 Å². The Balaban J connectivity index is 1.87. The largest absolute Gasteiger partial charge is 0.495 e. The van der Waals surface area contributed by atoms with Gasteiger partial charge in [0.15, 0.2) is 9.84 Å². The topological polar surface area (TPSA) is 63.7 Å². The minimum Gasteiger partial charge on any atom is -0.495 e. The lowest BCUT2D eigenvalue weighted by molar-refractivity contribution is -0.119. The summed E-state index contributed by atoms with van der Waals surface area (Å²) in [5.74, 6) is 0.466. The highest BCUT2D eigenvalue weighted by Gasteiger charge is 2.30. The van der Waals surface area contributed by atoms with Crippen molar-refractivity contribution in [2.75, 3.05) is 24.3 Å². The maximum Gasteiger partial charge on any atom is 0.227 e. The number of sulfone groups is 1. The number of anilines is 1. The molecule has 1 aromatic carbocycles. The molecule has 124 valence electrons. The highest BCUT2D eigenvalue weighted by molar-refractivity contribution is 7.94. The van der Waals surface area contributed by atoms with Crippen molar-refractivity contribution >= 4 is 21.4 Å². The van der Waals surface area contributed by atoms with Gasteiger partial charge in [-0.1, -0.05) is 12.1 Å². The van der Waals surface area contributed by atoms with Gasteiger partial charge in [0.1, 0.15) is 5.75 Å². The number of hydrogen-bond acceptors (Lipinski definition) is 4. The fourth-order valence-electron chi connectivity index (χ4n) is 3.37. The standard InChI is InChI=1S/C17H21NO4S/c1-12-5-6-15(22-2)17-14(12)4-3-8-18(17)16(19)10-13-7-9-23(20,21)11-13/h5-7,9,13H,3-4,8,10-11H2,1-2H3/t13-/m1/s1. The van der Waals surface area contributed by atoms with Gasteiger partial charge in [-0.25, -0.2) is 8.42 Å². The van der Waals surface area contributed by atoms with Crippen LogP contribution in [-0.2, 0) is 21.1 Å². The molecule has 0 spiro atoms. The van der Waals surface area contributed by atoms with Gasteiger partial charge < -0.3 is 9.64 Å². The molecule has 0 aliphatic carbocycles. The smallest absolute Gasteiger partial charge is 0.227 e. The second-order valence-electron chi connectivity index (χ2n) is 6.18. The number of aryl methyl sites for hydroxylation is 1. The molecule has 6 heteroatoms. The van der Waals surface area contributed by atoms with E-state index in [0.717, 1.165) is 29.7 Å². The lowest BCUT2D eigenvalue weighted by atomic mass is 9.95. The van der Waals surface area contributed by atoms with E-state index in [1.54, 1.807) is 18.1 Å². The SMILES string of the molecule is COc1ccc(C)c2c1N(C(=O)C[C@H]1C=CS(=O)(=O)C1)CCC2. The molecule has 2 heterocycles. The molecule has 0 saturated carbocycles. The summed E-state index contributed by atoms with van der Waals surface area (Å²) < 4.78 is 28.5. The van der Waals surface area contributed by atoms with Crippen LogP contribution in [0, 0.1) is 12.8 Å². The lowest BCUT2D eigenvalue weighted by Gasteiger charge is -2.32. The van der Waals surface area contributed by atoms with Gasteiger partial charge in [0.05, 0.1) is 18.6 Å². The third kappa shape index (κ3) is 3.13. The van der Waals surface area contributed by atoms with Crippen LogP contribution >= 0.6 is 0 Å². The Morgan fingerprint density at radius 3 is 2.83 bits per heavy atom. The monoisotopic (exact) mass is 335 g/mol. The first-order valence-electron chi connectivity index (χ1n) is 7.79. The van der Waals surface area contributed by atoms with E-state index in [1.807, 2.05) is 19.1 Å². The number of allylic oxidation sites excluding steroid dienone is 1. The maximum absolute atomic E-state index is 12.7. The van der Waals surface area contributed by atoms with E-state index in [-0.39, 0.29) is 24.0 Å². The molecule has 1 amide bonds. The van der Waals surface area contributed by atoms with Gasteiger partial charge in [0.25, 0.3) is 0 Å². The number of rotatable bonds is 3. The van der Waals surface area contributed by atoms with Gasteiger partial charge >= 0.3 is 0 Å². The summed E-state index contributed by atoms with van der Waals surface area (Å²) in [6.07, 6.45) is 3.68. The molecule has 0 fully saturated rings. The molecular formula is C17H21NO4S. The number of carbonyl (C=O) groups is 1. The number of methoxy groups -OCH3 is 1. The molecule has 0 aromatic heterocycles. The van der Waals surface area contributed by atoms with Crippen LogP contribution in [0.2, 0.25) is 0 Å². The van der Waals surface area contributed by atoms with Crippen LogP contribution in [-0.4, -0.2) is 33.7 Å². The normalized spacial score (nSPS) is 22.0. The zero-order chi connectivity index (χ0) is 16.6. The van der Waals surface area contributed by atoms with E-state index < -0.39 is 9.84 Å². The first kappa shape index (κ1) is 16.1. The molecule has 5 nitrogen and oxygen atoms in total. The van der Waals surface area contributed by atoms with Crippen LogP contribution in [0.3, 0.4) is 0 Å². The van der Waals surface area contributed by atoms with Crippen molar-refractivity contribution in [1.29, 1.82) is 0 Å². The third-order valence-corrected chi connectivity index (χ3v) is 5.99. The molecule has 0 radical (unpaired) electrons. The van der Waals surface area contributed by atoms with E-state index in [1.165, 1.54) is 5.41 Å². The van der Waals surface area contributed by atoms with Crippen molar-refractivity contribution in [2.45, 2.75) is 26.2 Å². The van der Waals surface area contributed by atoms with Gasteiger partial charge in [-0.05, 0) is 37.0 Å². The Hall–Kier alpha value is -1.82. The van der Waals surface area contributed by atoms with Crippen LogP contribution in [0.25, 0.3) is 0 Å². The van der Waals surface area contributed by atoms with Crippen LogP contribution in [0.1, 0.15) is 24.0 Å². The Labute approximate surface area is 136 Å². The first-order chi connectivity index (χ1) is 10.9. The average Bonchev–Trinajstić information content (AvgIpc) is 2.86. The van der Waals surface area contributed by atoms with Gasteiger partial charge in [0, 0.05) is 24.3 Å². The van der Waals surface area contributed by atoms with Crippen molar-refractivity contribution < 1.29 is 17.9 Å². The Morgan fingerprint density at radius 2 is 2.17 bits per heavy atom. The highest BCUT2D eigenvalue weighted by atomic mass is 32.2. The van der Waals surface area contributed by atoms with Crippen molar-refractivity contribution in [3.8, 4) is 5.75 Å². The van der Waals surface area contributed by atoms with Crippen LogP contribution in [0.15, 0.2) is 23.6 Å². The van der Waals surface area contributed by atoms with Crippen molar-refractivity contribution in [3.63, 3.8) is 0 Å². The number of fused-ring (bicyclic) bond motifs is 1. The van der Waals surface area contributed by atoms with Gasteiger partial charge in [0.2, 0.25) is 5.91 Å². The molecule has 2 aliphatic heterocycles. The van der Waals surface area contributed by atoms with Crippen molar-refractivity contribution in [2.24, 2.45) is 5.92 Å². The molecular weight excluding hydrogens is 314 g/mol. The number of ether oxygens (including phenoxy) is 1. The quantitative estimate of drug-likeness (QED) is 0.850. The predicted octanol–water partition coefficient (Wildman–Crippen LogP) is 2.23. The number of hydrogen-bond donors (Lipinski definition) is 0. The molecule has 2 aliphatic rings. The molecule has 0 saturated heterocycles. The lowest BCUT2D eigenvalue weighted by Crippen LogP contribution is -2.37. The zero-order valence-electron chi connectivity index (χ0n) is 13.4. The van der Waals surface area contributed by atoms with E-state index in [4.69, 9.17) is 4.74 Å². The van der Waals surface area contributed by atoms with E-state index in [0.29, 0.717) is 12.3 Å². The molecule has 1 aromatic rings. The molecule has 3 rings (SSSR count). The summed E-state index contributed by atoms with van der Waals surface area (Å²) in [4.78, 5) is 14.5. The number of amides is 1. The minimum absolute atomic E-state index is 0.0321. The van der Waals surface area contributed by atoms with Crippen LogP contribution in [0.4, 0.5) is 5.69 Å². The van der Waals surface area contributed by atoms with Crippen molar-refractivity contribution in [1.82, 2.24) is 0 Å². The Morgan fingerprint density at radius 1 is 1.39 bits per heavy atom. The third-order valence-electron chi connectivity index (χ3n) is 4.52. The maximum atomic E-state index is 12.7. The van der Waals surface area contributed by atoms with Crippen LogP contribution < -0.4 is 9.64 Å². The van der Waals surface area contributed by atoms with Gasteiger partial charge in [-0.2, -0.15) is 0 Å². The Kier molecular flexibility index (Phi) is 4.19. The first-order valence-corrected chi connectivity index (χ1v) is 9.50. The summed E-state index contributed by atoms with van der Waals surface area (Å²) in [6, 6.07) is 3.90. The van der Waals surface area contributed by atoms with Crippen molar-refractivity contribution in [3.05, 3.63) is 34.7 Å². The predicted molar refractivity (Wildman–Crippen MR) is 89.4 cm³/mol. The fourth-order valence-corrected chi connectivity index (χ4v) is 4.77. The number of benzene rings is 1. The molecule has 0 bridgehead atoms. The summed E-state index contributed by atoms with van der Waals surface area (Å²) in [7, 11) is -1.52. The second kappa shape index (κ2) is 6.00. The second-order valence-corrected chi connectivity index (χ2v) is 8.11. The average molecular weight is 335 g/mol. The molecule has 23 heavy (non-hydrogen) atoms. The molecule has 1 atom stereocenters.